The average molecular weight is 265 g/mol. The zero-order valence-electron chi connectivity index (χ0n) is 10.3. The third-order valence-electron chi connectivity index (χ3n) is 2.50. The van der Waals surface area contributed by atoms with E-state index in [9.17, 15) is 4.79 Å². The molecule has 0 radical (unpaired) electrons. The van der Waals surface area contributed by atoms with E-state index in [0.717, 1.165) is 23.0 Å². The van der Waals surface area contributed by atoms with Crippen LogP contribution < -0.4 is 10.9 Å². The van der Waals surface area contributed by atoms with Gasteiger partial charge in [-0.05, 0) is 19.0 Å². The van der Waals surface area contributed by atoms with Crippen LogP contribution in [0.5, 0.6) is 0 Å². The average Bonchev–Trinajstić information content (AvgIpc) is 2.86. The fourth-order valence-electron chi connectivity index (χ4n) is 1.60. The molecule has 18 heavy (non-hydrogen) atoms. The van der Waals surface area contributed by atoms with Crippen molar-refractivity contribution in [3.63, 3.8) is 0 Å². The molecule has 6 nitrogen and oxygen atoms in total. The Morgan fingerprint density at radius 2 is 2.22 bits per heavy atom. The number of rotatable bonds is 5. The van der Waals surface area contributed by atoms with Crippen molar-refractivity contribution in [3.05, 3.63) is 27.5 Å². The van der Waals surface area contributed by atoms with Gasteiger partial charge in [-0.2, -0.15) is 5.10 Å². The van der Waals surface area contributed by atoms with E-state index in [1.165, 1.54) is 17.4 Å². The molecule has 0 aliphatic heterocycles. The SMILES string of the molecule is CCNC(CC)c1nnc(-c2ccc(=O)[nH]n2)s1. The van der Waals surface area contributed by atoms with Gasteiger partial charge >= 0.3 is 0 Å². The predicted molar refractivity (Wildman–Crippen MR) is 70.5 cm³/mol. The van der Waals surface area contributed by atoms with Gasteiger partial charge in [-0.3, -0.25) is 4.79 Å². The van der Waals surface area contributed by atoms with E-state index < -0.39 is 0 Å². The summed E-state index contributed by atoms with van der Waals surface area (Å²) < 4.78 is 0. The van der Waals surface area contributed by atoms with Crippen LogP contribution in [-0.4, -0.2) is 26.9 Å². The highest BCUT2D eigenvalue weighted by Gasteiger charge is 2.15. The number of nitrogens with zero attached hydrogens (tertiary/aromatic N) is 3. The molecule has 0 saturated carbocycles. The van der Waals surface area contributed by atoms with E-state index in [-0.39, 0.29) is 11.6 Å². The molecule has 0 saturated heterocycles. The van der Waals surface area contributed by atoms with Crippen LogP contribution in [0.3, 0.4) is 0 Å². The van der Waals surface area contributed by atoms with Gasteiger partial charge in [-0.15, -0.1) is 10.2 Å². The first-order valence-corrected chi connectivity index (χ1v) is 6.69. The Kier molecular flexibility index (Phi) is 4.16. The predicted octanol–water partition coefficient (Wildman–Crippen LogP) is 1.35. The lowest BCUT2D eigenvalue weighted by Gasteiger charge is -2.10. The highest BCUT2D eigenvalue weighted by Crippen LogP contribution is 2.26. The Balaban J connectivity index is 2.24. The van der Waals surface area contributed by atoms with Crippen LogP contribution in [0.1, 0.15) is 31.3 Å². The second kappa shape index (κ2) is 5.83. The van der Waals surface area contributed by atoms with Crippen LogP contribution in [0.4, 0.5) is 0 Å². The summed E-state index contributed by atoms with van der Waals surface area (Å²) in [5, 5.41) is 19.6. The summed E-state index contributed by atoms with van der Waals surface area (Å²) in [6.45, 7) is 5.06. The highest BCUT2D eigenvalue weighted by molar-refractivity contribution is 7.14. The molecule has 2 N–H and O–H groups in total. The summed E-state index contributed by atoms with van der Waals surface area (Å²) >= 11 is 1.50. The topological polar surface area (TPSA) is 83.6 Å². The molecular formula is C11H15N5OS. The molecule has 2 aromatic heterocycles. The maximum atomic E-state index is 10.9. The summed E-state index contributed by atoms with van der Waals surface area (Å²) in [7, 11) is 0. The lowest BCUT2D eigenvalue weighted by Crippen LogP contribution is -2.19. The van der Waals surface area contributed by atoms with Gasteiger partial charge in [-0.25, -0.2) is 5.10 Å². The Morgan fingerprint density at radius 3 is 2.83 bits per heavy atom. The summed E-state index contributed by atoms with van der Waals surface area (Å²) in [6, 6.07) is 3.31. The molecule has 96 valence electrons. The molecule has 7 heteroatoms. The minimum absolute atomic E-state index is 0.220. The lowest BCUT2D eigenvalue weighted by atomic mass is 10.2. The number of hydrogen-bond acceptors (Lipinski definition) is 6. The van der Waals surface area contributed by atoms with Crippen LogP contribution >= 0.6 is 11.3 Å². The van der Waals surface area contributed by atoms with Crippen LogP contribution in [0.25, 0.3) is 10.7 Å². The number of aromatic nitrogens is 4. The monoisotopic (exact) mass is 265 g/mol. The van der Waals surface area contributed by atoms with Crippen LogP contribution in [0.2, 0.25) is 0 Å². The smallest absolute Gasteiger partial charge is 0.264 e. The summed E-state index contributed by atoms with van der Waals surface area (Å²) in [5.74, 6) is 0. The minimum Gasteiger partial charge on any atom is -0.308 e. The van der Waals surface area contributed by atoms with Gasteiger partial charge < -0.3 is 5.32 Å². The van der Waals surface area contributed by atoms with E-state index >= 15 is 0 Å². The Bertz CT molecular complexity index is 544. The van der Waals surface area contributed by atoms with Crippen molar-refractivity contribution in [2.45, 2.75) is 26.3 Å². The Morgan fingerprint density at radius 1 is 1.39 bits per heavy atom. The van der Waals surface area contributed by atoms with Gasteiger partial charge in [-0.1, -0.05) is 25.2 Å². The van der Waals surface area contributed by atoms with Crippen molar-refractivity contribution in [2.75, 3.05) is 6.54 Å². The fraction of sp³-hybridized carbons (Fsp3) is 0.455. The number of H-pyrrole nitrogens is 1. The molecule has 0 aromatic carbocycles. The maximum absolute atomic E-state index is 10.9. The van der Waals surface area contributed by atoms with Gasteiger partial charge in [0.25, 0.3) is 5.56 Å². The number of hydrogen-bond donors (Lipinski definition) is 2. The van der Waals surface area contributed by atoms with Gasteiger partial charge in [0.1, 0.15) is 10.7 Å². The molecule has 1 atom stereocenters. The van der Waals surface area contributed by atoms with E-state index in [4.69, 9.17) is 0 Å². The summed E-state index contributed by atoms with van der Waals surface area (Å²) in [6.07, 6.45) is 0.960. The summed E-state index contributed by atoms with van der Waals surface area (Å²) in [5.41, 5.74) is 0.423. The highest BCUT2D eigenvalue weighted by atomic mass is 32.1. The van der Waals surface area contributed by atoms with Gasteiger partial charge in [0.15, 0.2) is 5.01 Å². The normalized spacial score (nSPS) is 12.6. The zero-order chi connectivity index (χ0) is 13.0. The van der Waals surface area contributed by atoms with Gasteiger partial charge in [0.05, 0.1) is 6.04 Å². The molecular weight excluding hydrogens is 250 g/mol. The lowest BCUT2D eigenvalue weighted by molar-refractivity contribution is 0.531. The quantitative estimate of drug-likeness (QED) is 0.852. The molecule has 0 aliphatic carbocycles. The summed E-state index contributed by atoms with van der Waals surface area (Å²) in [4.78, 5) is 10.9. The third kappa shape index (κ3) is 2.80. The van der Waals surface area contributed by atoms with Crippen molar-refractivity contribution in [1.29, 1.82) is 0 Å². The van der Waals surface area contributed by atoms with E-state index in [1.807, 2.05) is 0 Å². The second-order valence-electron chi connectivity index (χ2n) is 3.77. The first kappa shape index (κ1) is 12.8. The standard InChI is InChI=1S/C11H15N5OS/c1-3-7(12-4-2)10-15-16-11(18-10)8-5-6-9(17)14-13-8/h5-7,12H,3-4H2,1-2H3,(H,14,17). The van der Waals surface area contributed by atoms with Crippen LogP contribution in [0, 0.1) is 0 Å². The van der Waals surface area contributed by atoms with Crippen molar-refractivity contribution >= 4 is 11.3 Å². The minimum atomic E-state index is -0.220. The van der Waals surface area contributed by atoms with Crippen LogP contribution in [0.15, 0.2) is 16.9 Å². The molecule has 0 fully saturated rings. The molecule has 2 heterocycles. The number of aromatic amines is 1. The van der Waals surface area contributed by atoms with Crippen molar-refractivity contribution < 1.29 is 0 Å². The van der Waals surface area contributed by atoms with Crippen LogP contribution in [-0.2, 0) is 0 Å². The molecule has 0 amide bonds. The molecule has 2 rings (SSSR count). The van der Waals surface area contributed by atoms with E-state index in [1.54, 1.807) is 6.07 Å². The Hall–Kier alpha value is -1.60. The van der Waals surface area contributed by atoms with Gasteiger partial charge in [0, 0.05) is 6.07 Å². The van der Waals surface area contributed by atoms with Gasteiger partial charge in [0.2, 0.25) is 0 Å². The first-order chi connectivity index (χ1) is 8.74. The fourth-order valence-corrected chi connectivity index (χ4v) is 2.57. The molecule has 1 unspecified atom stereocenters. The molecule has 0 spiro atoms. The molecule has 0 bridgehead atoms. The number of nitrogens with one attached hydrogen (secondary N) is 2. The van der Waals surface area contributed by atoms with E-state index in [2.05, 4.69) is 39.6 Å². The maximum Gasteiger partial charge on any atom is 0.264 e. The zero-order valence-corrected chi connectivity index (χ0v) is 11.1. The van der Waals surface area contributed by atoms with Crippen molar-refractivity contribution in [3.8, 4) is 10.7 Å². The second-order valence-corrected chi connectivity index (χ2v) is 4.78. The first-order valence-electron chi connectivity index (χ1n) is 5.87. The third-order valence-corrected chi connectivity index (χ3v) is 3.56. The molecule has 0 aliphatic rings. The van der Waals surface area contributed by atoms with E-state index in [0.29, 0.717) is 5.69 Å². The van der Waals surface area contributed by atoms with Crippen molar-refractivity contribution in [2.24, 2.45) is 0 Å². The largest absolute Gasteiger partial charge is 0.308 e. The molecule has 2 aromatic rings. The van der Waals surface area contributed by atoms with Crippen molar-refractivity contribution in [1.82, 2.24) is 25.7 Å². The Labute approximate surface area is 108 Å².